The summed E-state index contributed by atoms with van der Waals surface area (Å²) in [5, 5.41) is 82.4. The Balaban J connectivity index is 0.000000147. The highest BCUT2D eigenvalue weighted by Gasteiger charge is 2.24. The Kier molecular flexibility index (Phi) is 29.1. The number of hydrogen-bond acceptors (Lipinski definition) is 19. The molecule has 0 saturated heterocycles. The van der Waals surface area contributed by atoms with Crippen LogP contribution in [0.5, 0.6) is 28.7 Å². The number of nitro groups is 1. The number of azo groups is 1. The van der Waals surface area contributed by atoms with Crippen molar-refractivity contribution in [3.63, 3.8) is 0 Å². The quantitative estimate of drug-likeness (QED) is 0.0106. The second-order valence-electron chi connectivity index (χ2n) is 28.4. The van der Waals surface area contributed by atoms with Crippen molar-refractivity contribution in [1.82, 2.24) is 0 Å². The van der Waals surface area contributed by atoms with Crippen LogP contribution in [0.3, 0.4) is 0 Å². The van der Waals surface area contributed by atoms with Gasteiger partial charge >= 0.3 is 10.2 Å². The standard InChI is InChI=1S/C27H23N3O3.C26H22N2O2.C24H17N3O5.C23H14Cl2FN3O4S/c1-18(31)29-23-13-11-22(12-14-23)28-17-21-16-20(15-19-7-3-4-8-24(19)21)27(32)30-25-9-5-6-10-26(25)33-2;1-2-18-10-7-9-15-24(18)27-17-23-21-14-8-6-11-19(21)16-22(25(23)29)26(30)28-20-12-4-3-5-13-20;28-22-11-10-17(27(31)32)13-21(22)25-14-20-18-9-5-4-6-15(18)12-19(23(20)29)24(30)26-16-7-2-1-3-8-16;24-13-5-10-19(25)21(11-13)29-28-20-12-18(22(30)17-4-2-1-3-16(17)20)23(31)27-14-6-8-15(9-7-14)34(26,32)33/h3-17H,1-2H3,(H,29,31)(H,30,32);3-17,29H,2H2,1H3,(H,28,30);1-14,28-29H,(H,26,30);1-12,30H,(H,27,31). The first-order valence-corrected chi connectivity index (χ1v) is 41.6. The molecule has 0 fully saturated rings. The molecule has 9 N–H and O–H groups in total. The van der Waals surface area contributed by atoms with E-state index in [0.717, 1.165) is 74.7 Å². The second-order valence-corrected chi connectivity index (χ2v) is 30.6. The number of halogens is 3. The molecule has 0 aliphatic heterocycles. The molecule has 0 radical (unpaired) electrons. The normalized spacial score (nSPS) is 11.2. The summed E-state index contributed by atoms with van der Waals surface area (Å²) in [6.45, 7) is 3.55. The Morgan fingerprint density at radius 3 is 1.49 bits per heavy atom. The number of fused-ring (bicyclic) bond motifs is 4. The molecule has 0 atom stereocenters. The number of aryl methyl sites for hydroxylation is 1. The van der Waals surface area contributed by atoms with Gasteiger partial charge < -0.3 is 51.7 Å². The van der Waals surface area contributed by atoms with Gasteiger partial charge in [-0.3, -0.25) is 49.1 Å². The summed E-state index contributed by atoms with van der Waals surface area (Å²) in [6, 6.07) is 90.8. The topological polar surface area (TPSA) is 375 Å². The van der Waals surface area contributed by atoms with E-state index in [4.69, 9.17) is 27.9 Å². The number of anilines is 5. The minimum atomic E-state index is -4.87. The Bertz CT molecular complexity index is 7220. The van der Waals surface area contributed by atoms with Crippen molar-refractivity contribution >= 4 is 187 Å². The van der Waals surface area contributed by atoms with Crippen LogP contribution in [0.25, 0.3) is 43.1 Å². The predicted octanol–water partition coefficient (Wildman–Crippen LogP) is 24.3. The number of rotatable bonds is 21. The highest BCUT2D eigenvalue weighted by Crippen LogP contribution is 2.41. The van der Waals surface area contributed by atoms with E-state index in [1.165, 1.54) is 43.5 Å². The van der Waals surface area contributed by atoms with Crippen LogP contribution < -0.4 is 31.3 Å². The molecule has 0 saturated carbocycles. The number of carbonyl (C=O) groups excluding carboxylic acids is 5. The molecule has 129 heavy (non-hydrogen) atoms. The molecule has 5 amide bonds. The first-order valence-electron chi connectivity index (χ1n) is 39.5. The van der Waals surface area contributed by atoms with Crippen molar-refractivity contribution < 1.29 is 66.4 Å². The Hall–Kier alpha value is -16.6. The van der Waals surface area contributed by atoms with Gasteiger partial charge in [-0.1, -0.05) is 194 Å². The van der Waals surface area contributed by atoms with Crippen molar-refractivity contribution in [2.45, 2.75) is 25.2 Å². The monoisotopic (exact) mass is 1780 g/mol. The number of aromatic hydroxyl groups is 4. The molecule has 0 unspecified atom stereocenters. The van der Waals surface area contributed by atoms with Crippen molar-refractivity contribution in [2.24, 2.45) is 25.2 Å². The molecule has 0 heterocycles. The minimum Gasteiger partial charge on any atom is -0.506 e. The SMILES string of the molecule is CCc1ccccc1N=Cc1c(O)c(C(=O)Nc2ccccc2)cc2ccccc12.COc1ccccc1NC(=O)c1cc(C=Nc2ccc(NC(C)=O)cc2)c2ccccc2c1.O=C(Nc1ccc(S(=O)(=O)F)cc1)c1cc(N=Nc2cc(Cl)ccc2Cl)c2ccccc2c1O.O=C(Nc1ccccc1)c1cc2ccccc2c(C=Nc2cc([N+](=O)[O-])ccc2O)c1O. The molecule has 25 nitrogen and oxygen atoms in total. The molecular weight excluding hydrogens is 1700 g/mol. The zero-order valence-electron chi connectivity index (χ0n) is 68.6. The number of nitrogens with one attached hydrogen (secondary N) is 5. The fraction of sp³-hybridized carbons (Fsp3) is 0.0400. The second kappa shape index (κ2) is 41.7. The lowest BCUT2D eigenvalue weighted by Gasteiger charge is -2.12. The average Bonchev–Trinajstić information content (AvgIpc) is 0.786. The van der Waals surface area contributed by atoms with Gasteiger partial charge in [0.25, 0.3) is 29.3 Å². The summed E-state index contributed by atoms with van der Waals surface area (Å²) in [7, 11) is -3.30. The Morgan fingerprint density at radius 2 is 0.922 bits per heavy atom. The van der Waals surface area contributed by atoms with Crippen LogP contribution in [0.2, 0.25) is 10.0 Å². The van der Waals surface area contributed by atoms with Gasteiger partial charge in [0, 0.05) is 98.5 Å². The van der Waals surface area contributed by atoms with E-state index in [1.54, 1.807) is 153 Å². The van der Waals surface area contributed by atoms with E-state index in [1.807, 2.05) is 133 Å². The number of phenolic OH excluding ortho intramolecular Hbond substituents is 4. The van der Waals surface area contributed by atoms with Gasteiger partial charge in [0.2, 0.25) is 5.91 Å². The first-order chi connectivity index (χ1) is 62.3. The zero-order valence-corrected chi connectivity index (χ0v) is 71.0. The third kappa shape index (κ3) is 22.9. The number of hydrogen-bond donors (Lipinski definition) is 9. The van der Waals surface area contributed by atoms with Gasteiger partial charge in [-0.2, -0.15) is 8.42 Å². The van der Waals surface area contributed by atoms with Crippen LogP contribution >= 0.6 is 23.2 Å². The van der Waals surface area contributed by atoms with E-state index >= 15 is 0 Å². The van der Waals surface area contributed by atoms with Gasteiger partial charge in [0.05, 0.1) is 61.4 Å². The third-order valence-corrected chi connectivity index (χ3v) is 21.1. The van der Waals surface area contributed by atoms with Crippen LogP contribution in [0.15, 0.2) is 352 Å². The van der Waals surface area contributed by atoms with Gasteiger partial charge in [-0.25, -0.2) is 0 Å². The lowest BCUT2D eigenvalue weighted by Crippen LogP contribution is -2.13. The van der Waals surface area contributed by atoms with Gasteiger partial charge in [-0.15, -0.1) is 14.1 Å². The van der Waals surface area contributed by atoms with E-state index in [0.29, 0.717) is 76.9 Å². The molecule has 642 valence electrons. The number of nitrogens with zero attached hydrogens (tertiary/aromatic N) is 6. The van der Waals surface area contributed by atoms with E-state index in [2.05, 4.69) is 58.7 Å². The smallest absolute Gasteiger partial charge is 0.332 e. The number of non-ortho nitro benzene ring substituents is 1. The van der Waals surface area contributed by atoms with Gasteiger partial charge in [0.15, 0.2) is 0 Å². The number of aliphatic imine (C=N–C) groups is 3. The minimum absolute atomic E-state index is 0.0391. The lowest BCUT2D eigenvalue weighted by atomic mass is 9.99. The van der Waals surface area contributed by atoms with Gasteiger partial charge in [-0.05, 0) is 190 Å². The summed E-state index contributed by atoms with van der Waals surface area (Å²) in [5.74, 6) is -2.26. The average molecular weight is 1780 g/mol. The number of nitro benzene ring substituents is 1. The number of carbonyl (C=O) groups is 5. The number of amides is 5. The van der Waals surface area contributed by atoms with Gasteiger partial charge in [0.1, 0.15) is 40.1 Å². The summed E-state index contributed by atoms with van der Waals surface area (Å²) in [5.41, 5.74) is 8.03. The van der Waals surface area contributed by atoms with Crippen LogP contribution in [-0.4, -0.2) is 89.1 Å². The summed E-state index contributed by atoms with van der Waals surface area (Å²) in [6.07, 6.45) is 5.52. The number of phenols is 4. The molecule has 0 aliphatic rings. The molecule has 0 aliphatic carbocycles. The zero-order chi connectivity index (χ0) is 91.3. The van der Waals surface area contributed by atoms with E-state index in [9.17, 15) is 66.8 Å². The molecule has 0 spiro atoms. The molecule has 29 heteroatoms. The highest BCUT2D eigenvalue weighted by molar-refractivity contribution is 7.86. The fourth-order valence-electron chi connectivity index (χ4n) is 13.4. The molecular formula is C100H76Cl2FN11O14S. The van der Waals surface area contributed by atoms with Crippen molar-refractivity contribution in [3.05, 3.63) is 386 Å². The van der Waals surface area contributed by atoms with E-state index in [-0.39, 0.29) is 85.7 Å². The van der Waals surface area contributed by atoms with Crippen molar-refractivity contribution in [1.29, 1.82) is 0 Å². The Morgan fingerprint density at radius 1 is 0.442 bits per heavy atom. The van der Waals surface area contributed by atoms with Crippen molar-refractivity contribution in [3.8, 4) is 28.7 Å². The largest absolute Gasteiger partial charge is 0.506 e. The van der Waals surface area contributed by atoms with Crippen molar-refractivity contribution in [2.75, 3.05) is 33.7 Å². The molecule has 16 aromatic rings. The van der Waals surface area contributed by atoms with Crippen LogP contribution in [0.1, 0.15) is 77.5 Å². The maximum Gasteiger partial charge on any atom is 0.332 e. The van der Waals surface area contributed by atoms with Crippen LogP contribution in [0, 0.1) is 10.1 Å². The fourth-order valence-corrected chi connectivity index (χ4v) is 14.2. The highest BCUT2D eigenvalue weighted by atomic mass is 35.5. The van der Waals surface area contributed by atoms with Crippen LogP contribution in [-0.2, 0) is 21.4 Å². The van der Waals surface area contributed by atoms with E-state index < -0.39 is 31.9 Å². The number of ether oxygens (including phenoxy) is 1. The Labute approximate surface area is 748 Å². The lowest BCUT2D eigenvalue weighted by molar-refractivity contribution is -0.384. The van der Waals surface area contributed by atoms with Crippen LogP contribution in [0.4, 0.5) is 66.4 Å². The molecule has 16 rings (SSSR count). The third-order valence-electron chi connectivity index (χ3n) is 19.7. The first kappa shape index (κ1) is 90.1. The summed E-state index contributed by atoms with van der Waals surface area (Å²) in [4.78, 5) is 86.1. The predicted molar refractivity (Wildman–Crippen MR) is 507 cm³/mol. The maximum absolute atomic E-state index is 13.1. The molecule has 0 aromatic heterocycles. The molecule has 0 bridgehead atoms. The molecule has 16 aromatic carbocycles. The summed E-state index contributed by atoms with van der Waals surface area (Å²) >= 11 is 12.1. The maximum atomic E-state index is 13.1. The number of benzene rings is 16. The number of para-hydroxylation sites is 5. The summed E-state index contributed by atoms with van der Waals surface area (Å²) < 4.78 is 40.4. The number of methoxy groups -OCH3 is 1.